The Bertz CT molecular complexity index is 244. The van der Waals surface area contributed by atoms with E-state index >= 15 is 0 Å². The number of carbonyl (C=O) groups excluding carboxylic acids is 1. The zero-order chi connectivity index (χ0) is 11.6. The lowest BCUT2D eigenvalue weighted by Crippen LogP contribution is -2.38. The van der Waals surface area contributed by atoms with Crippen LogP contribution in [0.1, 0.15) is 32.6 Å². The Morgan fingerprint density at radius 2 is 2.13 bits per heavy atom. The molecule has 0 saturated heterocycles. The average molecular weight is 252 g/mol. The molecule has 1 fully saturated rings. The first kappa shape index (κ1) is 13.2. The molecule has 0 aliphatic heterocycles. The first-order chi connectivity index (χ1) is 6.82. The number of hydrogen-bond donors (Lipinski definition) is 4. The second-order valence-electron chi connectivity index (χ2n) is 4.49. The van der Waals surface area contributed by atoms with Crippen molar-refractivity contribution >= 4 is 25.1 Å². The van der Waals surface area contributed by atoms with Crippen LogP contribution in [0.3, 0.4) is 0 Å². The van der Waals surface area contributed by atoms with Crippen molar-refractivity contribution in [2.45, 2.75) is 38.3 Å². The summed E-state index contributed by atoms with van der Waals surface area (Å²) in [7, 11) is 0. The van der Waals surface area contributed by atoms with E-state index < -0.39 is 18.5 Å². The fraction of sp³-hybridized carbons (Fsp3) is 0.889. The number of hydrogen-bond acceptors (Lipinski definition) is 4. The van der Waals surface area contributed by atoms with Gasteiger partial charge in [-0.05, 0) is 18.8 Å². The summed E-state index contributed by atoms with van der Waals surface area (Å²) in [6, 6.07) is 0. The Hall–Kier alpha value is 0.170. The van der Waals surface area contributed by atoms with Gasteiger partial charge in [-0.1, -0.05) is 19.8 Å². The maximum atomic E-state index is 11.2. The lowest BCUT2D eigenvalue weighted by Gasteiger charge is -2.30. The highest BCUT2D eigenvalue weighted by Crippen LogP contribution is 2.63. The van der Waals surface area contributed by atoms with E-state index in [2.05, 4.69) is 19.2 Å². The molecule has 0 bridgehead atoms. The Labute approximate surface area is 95.9 Å². The molecular formula is C9H19NO3PS+. The van der Waals surface area contributed by atoms with Gasteiger partial charge < -0.3 is 5.73 Å². The third-order valence-corrected chi connectivity index (χ3v) is 5.26. The van der Waals surface area contributed by atoms with Crippen LogP contribution in [0.5, 0.6) is 0 Å². The van der Waals surface area contributed by atoms with E-state index in [1.807, 2.05) is 0 Å². The topological polar surface area (TPSA) is 83.6 Å². The molecule has 15 heavy (non-hydrogen) atoms. The number of carbonyl (C=O) groups is 1. The van der Waals surface area contributed by atoms with Crippen molar-refractivity contribution in [1.29, 1.82) is 0 Å². The second-order valence-corrected chi connectivity index (χ2v) is 8.05. The lowest BCUT2D eigenvalue weighted by atomic mass is 9.80. The normalized spacial score (nSPS) is 29.9. The SMILES string of the molecule is CC1CCCC(C(C(N)=O)[P+](O)(O)S)C1. The largest absolute Gasteiger partial charge is 0.366 e. The summed E-state index contributed by atoms with van der Waals surface area (Å²) in [6.07, 6.45) is 3.82. The Balaban J connectivity index is 2.76. The molecule has 0 heterocycles. The van der Waals surface area contributed by atoms with Crippen LogP contribution in [0.2, 0.25) is 0 Å². The first-order valence-electron chi connectivity index (χ1n) is 5.18. The van der Waals surface area contributed by atoms with Gasteiger partial charge in [0.1, 0.15) is 0 Å². The molecule has 1 amide bonds. The summed E-state index contributed by atoms with van der Waals surface area (Å²) >= 11 is 3.75. The van der Waals surface area contributed by atoms with Crippen molar-refractivity contribution in [2.24, 2.45) is 17.6 Å². The molecule has 6 heteroatoms. The van der Waals surface area contributed by atoms with Crippen LogP contribution in [0.4, 0.5) is 0 Å². The fourth-order valence-corrected chi connectivity index (χ4v) is 4.54. The van der Waals surface area contributed by atoms with Crippen molar-refractivity contribution < 1.29 is 14.6 Å². The van der Waals surface area contributed by atoms with Crippen LogP contribution >= 0.6 is 19.2 Å². The minimum absolute atomic E-state index is 0.0212. The lowest BCUT2D eigenvalue weighted by molar-refractivity contribution is -0.119. The van der Waals surface area contributed by atoms with Crippen LogP contribution in [-0.4, -0.2) is 21.4 Å². The van der Waals surface area contributed by atoms with Gasteiger partial charge in [-0.2, -0.15) is 0 Å². The predicted molar refractivity (Wildman–Crippen MR) is 64.4 cm³/mol. The molecule has 88 valence electrons. The predicted octanol–water partition coefficient (Wildman–Crippen LogP) is 1.34. The minimum atomic E-state index is -3.46. The van der Waals surface area contributed by atoms with E-state index in [1.165, 1.54) is 0 Å². The molecule has 0 radical (unpaired) electrons. The summed E-state index contributed by atoms with van der Waals surface area (Å²) in [5.41, 5.74) is 4.35. The number of primary amides is 1. The Kier molecular flexibility index (Phi) is 4.41. The van der Waals surface area contributed by atoms with Crippen LogP contribution in [0.15, 0.2) is 0 Å². The minimum Gasteiger partial charge on any atom is -0.366 e. The zero-order valence-corrected chi connectivity index (χ0v) is 10.6. The van der Waals surface area contributed by atoms with Crippen molar-refractivity contribution in [3.8, 4) is 0 Å². The number of amides is 1. The molecule has 1 rings (SSSR count). The van der Waals surface area contributed by atoms with Gasteiger partial charge in [-0.25, -0.2) is 9.79 Å². The molecule has 3 atom stereocenters. The smallest absolute Gasteiger partial charge is 0.336 e. The van der Waals surface area contributed by atoms with Crippen molar-refractivity contribution in [3.05, 3.63) is 0 Å². The van der Waals surface area contributed by atoms with E-state index in [0.29, 0.717) is 5.92 Å². The monoisotopic (exact) mass is 252 g/mol. The van der Waals surface area contributed by atoms with Gasteiger partial charge in [0.15, 0.2) is 0 Å². The summed E-state index contributed by atoms with van der Waals surface area (Å²) in [5.74, 6) is -0.139. The Morgan fingerprint density at radius 1 is 1.53 bits per heavy atom. The number of nitrogens with two attached hydrogens (primary N) is 1. The maximum absolute atomic E-state index is 11.2. The molecule has 4 N–H and O–H groups in total. The molecule has 0 spiro atoms. The van der Waals surface area contributed by atoms with Gasteiger partial charge in [0.2, 0.25) is 5.66 Å². The maximum Gasteiger partial charge on any atom is 0.336 e. The van der Waals surface area contributed by atoms with Gasteiger partial charge in [0, 0.05) is 5.92 Å². The average Bonchev–Trinajstić information content (AvgIpc) is 1.99. The summed E-state index contributed by atoms with van der Waals surface area (Å²) in [5, 5.41) is 0. The van der Waals surface area contributed by atoms with E-state index in [4.69, 9.17) is 5.73 Å². The van der Waals surface area contributed by atoms with Gasteiger partial charge in [-0.15, -0.1) is 0 Å². The molecule has 0 aromatic carbocycles. The van der Waals surface area contributed by atoms with E-state index in [-0.39, 0.29) is 5.92 Å². The molecule has 0 aromatic heterocycles. The summed E-state index contributed by atoms with van der Waals surface area (Å²) < 4.78 is 0. The van der Waals surface area contributed by atoms with Crippen molar-refractivity contribution in [1.82, 2.24) is 0 Å². The van der Waals surface area contributed by atoms with Crippen molar-refractivity contribution in [2.75, 3.05) is 0 Å². The van der Waals surface area contributed by atoms with Crippen LogP contribution in [0, 0.1) is 11.8 Å². The van der Waals surface area contributed by atoms with Gasteiger partial charge in [-0.3, -0.25) is 4.79 Å². The number of rotatable bonds is 3. The molecule has 1 aliphatic rings. The first-order valence-corrected chi connectivity index (χ1v) is 8.10. The molecule has 3 unspecified atom stereocenters. The fourth-order valence-electron chi connectivity index (χ4n) is 2.45. The highest BCUT2D eigenvalue weighted by Gasteiger charge is 2.50. The molecule has 1 aliphatic carbocycles. The molecule has 1 saturated carbocycles. The standard InChI is InChI=1S/C9H18NO3PS/c1-6-3-2-4-7(5-6)8(9(10)11)14(12,13)15/h6-8,12-13,15H,2-5H2,1H3,(H-,10,11)/p+1. The summed E-state index contributed by atoms with van der Waals surface area (Å²) in [6.45, 7) is -1.35. The van der Waals surface area contributed by atoms with Gasteiger partial charge in [0.05, 0.1) is 12.2 Å². The van der Waals surface area contributed by atoms with Gasteiger partial charge >= 0.3 is 6.92 Å². The quantitative estimate of drug-likeness (QED) is 0.452. The zero-order valence-electron chi connectivity index (χ0n) is 8.83. The molecule has 4 nitrogen and oxygen atoms in total. The van der Waals surface area contributed by atoms with E-state index in [9.17, 15) is 14.6 Å². The van der Waals surface area contributed by atoms with E-state index in [1.54, 1.807) is 0 Å². The Morgan fingerprint density at radius 3 is 2.53 bits per heavy atom. The number of thiol groups is 1. The highest BCUT2D eigenvalue weighted by molar-refractivity contribution is 8.49. The van der Waals surface area contributed by atoms with Crippen LogP contribution in [-0.2, 0) is 4.79 Å². The third kappa shape index (κ3) is 3.59. The van der Waals surface area contributed by atoms with Crippen LogP contribution < -0.4 is 5.73 Å². The van der Waals surface area contributed by atoms with Crippen molar-refractivity contribution in [3.63, 3.8) is 0 Å². The van der Waals surface area contributed by atoms with Gasteiger partial charge in [0.25, 0.3) is 5.91 Å². The molecule has 0 aromatic rings. The molecular weight excluding hydrogens is 233 g/mol. The van der Waals surface area contributed by atoms with Crippen LogP contribution in [0.25, 0.3) is 0 Å². The second kappa shape index (κ2) is 5.00. The summed E-state index contributed by atoms with van der Waals surface area (Å²) in [4.78, 5) is 30.3. The van der Waals surface area contributed by atoms with E-state index in [0.717, 1.165) is 25.7 Å². The highest BCUT2D eigenvalue weighted by atomic mass is 32.7. The third-order valence-electron chi connectivity index (χ3n) is 3.09.